The van der Waals surface area contributed by atoms with E-state index in [0.717, 1.165) is 45.2 Å². The zero-order valence-electron chi connectivity index (χ0n) is 12.5. The van der Waals surface area contributed by atoms with Crippen LogP contribution in [0.5, 0.6) is 0 Å². The Bertz CT molecular complexity index is 417. The van der Waals surface area contributed by atoms with E-state index in [1.165, 1.54) is 5.57 Å². The number of hydrogen-bond acceptors (Lipinski definition) is 3. The first kappa shape index (κ1) is 15.0. The summed E-state index contributed by atoms with van der Waals surface area (Å²) in [6.07, 6.45) is 7.06. The van der Waals surface area contributed by atoms with Gasteiger partial charge >= 0.3 is 0 Å². The number of nitrogens with zero attached hydrogens (tertiary/aromatic N) is 2. The molecule has 2 amide bonds. The Morgan fingerprint density at radius 1 is 1.30 bits per heavy atom. The molecular weight excluding hydrogens is 254 g/mol. The molecule has 0 aromatic carbocycles. The molecule has 5 nitrogen and oxygen atoms in total. The van der Waals surface area contributed by atoms with Crippen molar-refractivity contribution in [3.05, 3.63) is 11.8 Å². The first-order valence-corrected chi connectivity index (χ1v) is 7.54. The van der Waals surface area contributed by atoms with Gasteiger partial charge in [0.25, 0.3) is 0 Å². The second kappa shape index (κ2) is 6.39. The minimum Gasteiger partial charge on any atom is -0.335 e. The van der Waals surface area contributed by atoms with E-state index in [1.54, 1.807) is 18.7 Å². The van der Waals surface area contributed by atoms with Gasteiger partial charge in [-0.1, -0.05) is 0 Å². The SMILES string of the molecule is CC(=O)N1C=C(C2CCCCN2C(=O)[C@H](C)N)CCC1. The smallest absolute Gasteiger partial charge is 0.239 e. The van der Waals surface area contributed by atoms with E-state index < -0.39 is 6.04 Å². The lowest BCUT2D eigenvalue weighted by atomic mass is 9.90. The predicted molar refractivity (Wildman–Crippen MR) is 77.7 cm³/mol. The summed E-state index contributed by atoms with van der Waals surface area (Å²) in [5.41, 5.74) is 6.97. The summed E-state index contributed by atoms with van der Waals surface area (Å²) >= 11 is 0. The Balaban J connectivity index is 2.19. The van der Waals surface area contributed by atoms with Crippen molar-refractivity contribution >= 4 is 11.8 Å². The highest BCUT2D eigenvalue weighted by Crippen LogP contribution is 2.29. The monoisotopic (exact) mass is 279 g/mol. The fraction of sp³-hybridized carbons (Fsp3) is 0.733. The first-order chi connectivity index (χ1) is 9.50. The Labute approximate surface area is 120 Å². The normalized spacial score (nSPS) is 25.1. The molecule has 20 heavy (non-hydrogen) atoms. The number of hydrogen-bond donors (Lipinski definition) is 1. The molecule has 1 unspecified atom stereocenters. The van der Waals surface area contributed by atoms with Crippen molar-refractivity contribution in [2.75, 3.05) is 13.1 Å². The number of amides is 2. The molecule has 0 aromatic rings. The molecule has 0 aliphatic carbocycles. The lowest BCUT2D eigenvalue weighted by Gasteiger charge is -2.40. The third kappa shape index (κ3) is 3.20. The van der Waals surface area contributed by atoms with E-state index in [0.29, 0.717) is 0 Å². The summed E-state index contributed by atoms with van der Waals surface area (Å²) < 4.78 is 0. The second-order valence-electron chi connectivity index (χ2n) is 5.85. The summed E-state index contributed by atoms with van der Waals surface area (Å²) in [5, 5.41) is 0. The average molecular weight is 279 g/mol. The standard InChI is InChI=1S/C15H25N3O2/c1-11(16)15(20)18-9-4-3-7-14(18)13-6-5-8-17(10-13)12(2)19/h10-11,14H,3-9,16H2,1-2H3/t11-,14?/m0/s1. The second-order valence-corrected chi connectivity index (χ2v) is 5.85. The first-order valence-electron chi connectivity index (χ1n) is 7.54. The highest BCUT2D eigenvalue weighted by atomic mass is 16.2. The molecule has 0 aromatic heterocycles. The van der Waals surface area contributed by atoms with Crippen molar-refractivity contribution < 1.29 is 9.59 Å². The zero-order chi connectivity index (χ0) is 14.7. The van der Waals surface area contributed by atoms with Crippen molar-refractivity contribution in [1.82, 2.24) is 9.80 Å². The molecule has 2 rings (SSSR count). The van der Waals surface area contributed by atoms with Crippen LogP contribution >= 0.6 is 0 Å². The molecular formula is C15H25N3O2. The van der Waals surface area contributed by atoms with Crippen LogP contribution in [-0.2, 0) is 9.59 Å². The number of carbonyl (C=O) groups is 2. The van der Waals surface area contributed by atoms with Gasteiger partial charge in [-0.05, 0) is 44.6 Å². The van der Waals surface area contributed by atoms with Gasteiger partial charge < -0.3 is 15.5 Å². The fourth-order valence-corrected chi connectivity index (χ4v) is 3.13. The number of piperidine rings is 1. The highest BCUT2D eigenvalue weighted by molar-refractivity contribution is 5.82. The molecule has 5 heteroatoms. The number of nitrogens with two attached hydrogens (primary N) is 1. The van der Waals surface area contributed by atoms with Crippen LogP contribution < -0.4 is 5.73 Å². The van der Waals surface area contributed by atoms with Crippen LogP contribution in [-0.4, -0.2) is 46.8 Å². The van der Waals surface area contributed by atoms with Gasteiger partial charge in [-0.3, -0.25) is 9.59 Å². The lowest BCUT2D eigenvalue weighted by molar-refractivity contribution is -0.135. The topological polar surface area (TPSA) is 66.6 Å². The third-order valence-corrected chi connectivity index (χ3v) is 4.19. The van der Waals surface area contributed by atoms with Crippen LogP contribution in [0.15, 0.2) is 11.8 Å². The zero-order valence-corrected chi connectivity index (χ0v) is 12.5. The minimum atomic E-state index is -0.455. The Morgan fingerprint density at radius 3 is 2.70 bits per heavy atom. The third-order valence-electron chi connectivity index (χ3n) is 4.19. The molecule has 2 N–H and O–H groups in total. The van der Waals surface area contributed by atoms with Crippen LogP contribution in [0.4, 0.5) is 0 Å². The molecule has 2 atom stereocenters. The number of rotatable bonds is 2. The Morgan fingerprint density at radius 2 is 2.05 bits per heavy atom. The molecule has 1 fully saturated rings. The van der Waals surface area contributed by atoms with E-state index in [9.17, 15) is 9.59 Å². The number of likely N-dealkylation sites (tertiary alicyclic amines) is 1. The van der Waals surface area contributed by atoms with Gasteiger partial charge in [-0.2, -0.15) is 0 Å². The molecule has 0 bridgehead atoms. The maximum absolute atomic E-state index is 12.3. The average Bonchev–Trinajstić information content (AvgIpc) is 2.46. The van der Waals surface area contributed by atoms with Gasteiger partial charge in [-0.15, -0.1) is 0 Å². The van der Waals surface area contributed by atoms with Gasteiger partial charge in [0.05, 0.1) is 12.1 Å². The molecule has 0 spiro atoms. The summed E-state index contributed by atoms with van der Waals surface area (Å²) in [5.74, 6) is 0.0960. The molecule has 0 radical (unpaired) electrons. The maximum atomic E-state index is 12.3. The summed E-state index contributed by atoms with van der Waals surface area (Å²) in [6.45, 7) is 4.89. The summed E-state index contributed by atoms with van der Waals surface area (Å²) in [4.78, 5) is 27.5. The van der Waals surface area contributed by atoms with Crippen molar-refractivity contribution in [2.24, 2.45) is 5.73 Å². The molecule has 2 aliphatic heterocycles. The lowest BCUT2D eigenvalue weighted by Crippen LogP contribution is -2.51. The van der Waals surface area contributed by atoms with Crippen LogP contribution in [0.25, 0.3) is 0 Å². The Kier molecular flexibility index (Phi) is 4.81. The van der Waals surface area contributed by atoms with E-state index >= 15 is 0 Å². The van der Waals surface area contributed by atoms with Crippen molar-refractivity contribution in [2.45, 2.75) is 58.0 Å². The van der Waals surface area contributed by atoms with Crippen LogP contribution in [0.3, 0.4) is 0 Å². The van der Waals surface area contributed by atoms with E-state index in [4.69, 9.17) is 5.73 Å². The van der Waals surface area contributed by atoms with Gasteiger partial charge in [0, 0.05) is 26.2 Å². The molecule has 2 aliphatic rings. The van der Waals surface area contributed by atoms with Crippen LogP contribution in [0, 0.1) is 0 Å². The van der Waals surface area contributed by atoms with Gasteiger partial charge in [-0.25, -0.2) is 0 Å². The molecule has 0 saturated carbocycles. The molecule has 1 saturated heterocycles. The Hall–Kier alpha value is -1.36. The van der Waals surface area contributed by atoms with Crippen LogP contribution in [0.1, 0.15) is 46.0 Å². The van der Waals surface area contributed by atoms with E-state index in [2.05, 4.69) is 0 Å². The van der Waals surface area contributed by atoms with Crippen LogP contribution in [0.2, 0.25) is 0 Å². The van der Waals surface area contributed by atoms with E-state index in [1.807, 2.05) is 11.1 Å². The largest absolute Gasteiger partial charge is 0.335 e. The van der Waals surface area contributed by atoms with Crippen molar-refractivity contribution in [1.29, 1.82) is 0 Å². The van der Waals surface area contributed by atoms with Crippen molar-refractivity contribution in [3.63, 3.8) is 0 Å². The number of carbonyl (C=O) groups excluding carboxylic acids is 2. The quantitative estimate of drug-likeness (QED) is 0.827. The molecule has 112 valence electrons. The van der Waals surface area contributed by atoms with Crippen molar-refractivity contribution in [3.8, 4) is 0 Å². The molecule has 2 heterocycles. The fourth-order valence-electron chi connectivity index (χ4n) is 3.13. The predicted octanol–water partition coefficient (Wildman–Crippen LogP) is 1.24. The van der Waals surface area contributed by atoms with Gasteiger partial charge in [0.15, 0.2) is 0 Å². The van der Waals surface area contributed by atoms with Gasteiger partial charge in [0.2, 0.25) is 11.8 Å². The highest BCUT2D eigenvalue weighted by Gasteiger charge is 2.32. The van der Waals surface area contributed by atoms with Gasteiger partial charge in [0.1, 0.15) is 0 Å². The minimum absolute atomic E-state index is 0.0237. The summed E-state index contributed by atoms with van der Waals surface area (Å²) in [6, 6.07) is -0.326. The summed E-state index contributed by atoms with van der Waals surface area (Å²) in [7, 11) is 0. The maximum Gasteiger partial charge on any atom is 0.239 e. The van der Waals surface area contributed by atoms with E-state index in [-0.39, 0.29) is 17.9 Å².